The number of alkyl halides is 1. The van der Waals surface area contributed by atoms with Crippen LogP contribution in [0.5, 0.6) is 0 Å². The minimum absolute atomic E-state index is 0.169. The second-order valence-corrected chi connectivity index (χ2v) is 4.53. The maximum atomic E-state index is 13.4. The van der Waals surface area contributed by atoms with Crippen molar-refractivity contribution in [3.63, 3.8) is 0 Å². The summed E-state index contributed by atoms with van der Waals surface area (Å²) in [6, 6.07) is 0. The third kappa shape index (κ3) is 3.23. The molecule has 0 saturated heterocycles. The normalized spacial score (nSPS) is 35.6. The molecule has 0 aromatic heterocycles. The summed E-state index contributed by atoms with van der Waals surface area (Å²) in [7, 11) is 0. The summed E-state index contributed by atoms with van der Waals surface area (Å²) in [6.45, 7) is 7.11. The third-order valence-corrected chi connectivity index (χ3v) is 3.49. The number of hydrogen-bond acceptors (Lipinski definition) is 1. The molecule has 1 aliphatic rings. The predicted molar refractivity (Wildman–Crippen MR) is 57.1 cm³/mol. The first-order valence-corrected chi connectivity index (χ1v) is 5.93. The Kier molecular flexibility index (Phi) is 4.86. The highest BCUT2D eigenvalue weighted by Crippen LogP contribution is 2.34. The van der Waals surface area contributed by atoms with Crippen LogP contribution in [0.1, 0.15) is 46.5 Å². The van der Waals surface area contributed by atoms with Gasteiger partial charge in [0.1, 0.15) is 6.17 Å². The summed E-state index contributed by atoms with van der Waals surface area (Å²) in [5.74, 6) is 1.16. The van der Waals surface area contributed by atoms with Crippen molar-refractivity contribution in [2.75, 3.05) is 6.61 Å². The van der Waals surface area contributed by atoms with Gasteiger partial charge in [0, 0.05) is 13.0 Å². The van der Waals surface area contributed by atoms with E-state index in [0.29, 0.717) is 24.9 Å². The monoisotopic (exact) mass is 202 g/mol. The molecule has 0 N–H and O–H groups in total. The summed E-state index contributed by atoms with van der Waals surface area (Å²) >= 11 is 0. The molecule has 3 unspecified atom stereocenters. The van der Waals surface area contributed by atoms with Crippen LogP contribution in [0.15, 0.2) is 0 Å². The van der Waals surface area contributed by atoms with Crippen LogP contribution in [0.4, 0.5) is 4.39 Å². The van der Waals surface area contributed by atoms with E-state index in [1.165, 1.54) is 0 Å². The zero-order valence-corrected chi connectivity index (χ0v) is 9.63. The van der Waals surface area contributed by atoms with Gasteiger partial charge in [-0.05, 0) is 31.6 Å². The highest BCUT2D eigenvalue weighted by Gasteiger charge is 2.31. The van der Waals surface area contributed by atoms with Crippen LogP contribution >= 0.6 is 0 Å². The van der Waals surface area contributed by atoms with Crippen LogP contribution in [-0.2, 0) is 4.74 Å². The molecule has 0 aliphatic heterocycles. The van der Waals surface area contributed by atoms with E-state index in [9.17, 15) is 4.39 Å². The highest BCUT2D eigenvalue weighted by atomic mass is 19.1. The van der Waals surface area contributed by atoms with E-state index in [1.54, 1.807) is 0 Å². The van der Waals surface area contributed by atoms with Crippen molar-refractivity contribution < 1.29 is 9.13 Å². The zero-order chi connectivity index (χ0) is 10.6. The Bertz CT molecular complexity index is 160. The van der Waals surface area contributed by atoms with E-state index in [0.717, 1.165) is 19.3 Å². The fraction of sp³-hybridized carbons (Fsp3) is 1.00. The van der Waals surface area contributed by atoms with Crippen molar-refractivity contribution in [2.24, 2.45) is 11.8 Å². The Morgan fingerprint density at radius 3 is 2.57 bits per heavy atom. The molecule has 1 nitrogen and oxygen atoms in total. The van der Waals surface area contributed by atoms with Gasteiger partial charge in [-0.15, -0.1) is 0 Å². The third-order valence-electron chi connectivity index (χ3n) is 3.49. The molecule has 0 heterocycles. The van der Waals surface area contributed by atoms with Crippen molar-refractivity contribution in [3.8, 4) is 0 Å². The lowest BCUT2D eigenvalue weighted by Crippen LogP contribution is -2.32. The molecule has 0 aromatic rings. The minimum Gasteiger partial charge on any atom is -0.378 e. The standard InChI is InChI=1S/C12H23FO/c1-4-9(3)10-6-11(13)8-12(7-10)14-5-2/h9-12H,4-8H2,1-3H3/t9-,10?,11?,12?/m1/s1. The topological polar surface area (TPSA) is 9.23 Å². The lowest BCUT2D eigenvalue weighted by atomic mass is 9.78. The van der Waals surface area contributed by atoms with Gasteiger partial charge >= 0.3 is 0 Å². The molecule has 0 radical (unpaired) electrons. The number of ether oxygens (including phenoxy) is 1. The molecule has 0 bridgehead atoms. The summed E-state index contributed by atoms with van der Waals surface area (Å²) in [4.78, 5) is 0. The van der Waals surface area contributed by atoms with Crippen LogP contribution in [0.3, 0.4) is 0 Å². The fourth-order valence-corrected chi connectivity index (χ4v) is 2.41. The quantitative estimate of drug-likeness (QED) is 0.677. The van der Waals surface area contributed by atoms with Crippen LogP contribution in [0.2, 0.25) is 0 Å². The molecule has 1 rings (SSSR count). The van der Waals surface area contributed by atoms with E-state index < -0.39 is 6.17 Å². The van der Waals surface area contributed by atoms with E-state index in [1.807, 2.05) is 6.92 Å². The van der Waals surface area contributed by atoms with Gasteiger partial charge in [0.15, 0.2) is 0 Å². The van der Waals surface area contributed by atoms with Crippen molar-refractivity contribution in [1.82, 2.24) is 0 Å². The Morgan fingerprint density at radius 2 is 2.00 bits per heavy atom. The summed E-state index contributed by atoms with van der Waals surface area (Å²) < 4.78 is 19.0. The van der Waals surface area contributed by atoms with Gasteiger partial charge in [-0.3, -0.25) is 0 Å². The molecule has 0 spiro atoms. The molecular weight excluding hydrogens is 179 g/mol. The van der Waals surface area contributed by atoms with Gasteiger partial charge in [-0.2, -0.15) is 0 Å². The van der Waals surface area contributed by atoms with Crippen molar-refractivity contribution in [2.45, 2.75) is 58.7 Å². The average Bonchev–Trinajstić information content (AvgIpc) is 2.16. The van der Waals surface area contributed by atoms with Gasteiger partial charge in [-0.25, -0.2) is 4.39 Å². The lowest BCUT2D eigenvalue weighted by molar-refractivity contribution is -0.0159. The Labute approximate surface area is 87.0 Å². The van der Waals surface area contributed by atoms with Gasteiger partial charge in [-0.1, -0.05) is 20.3 Å². The number of halogens is 1. The second kappa shape index (κ2) is 5.69. The summed E-state index contributed by atoms with van der Waals surface area (Å²) in [5.41, 5.74) is 0. The van der Waals surface area contributed by atoms with Crippen LogP contribution in [-0.4, -0.2) is 18.9 Å². The van der Waals surface area contributed by atoms with Crippen molar-refractivity contribution in [3.05, 3.63) is 0 Å². The van der Waals surface area contributed by atoms with Crippen molar-refractivity contribution in [1.29, 1.82) is 0 Å². The average molecular weight is 202 g/mol. The summed E-state index contributed by atoms with van der Waals surface area (Å²) in [6.07, 6.45) is 3.10. The molecule has 14 heavy (non-hydrogen) atoms. The van der Waals surface area contributed by atoms with Gasteiger partial charge in [0.05, 0.1) is 6.10 Å². The molecular formula is C12H23FO. The highest BCUT2D eigenvalue weighted by molar-refractivity contribution is 4.81. The molecule has 2 heteroatoms. The number of rotatable bonds is 4. The molecule has 1 aliphatic carbocycles. The van der Waals surface area contributed by atoms with Crippen LogP contribution in [0, 0.1) is 11.8 Å². The van der Waals surface area contributed by atoms with Crippen LogP contribution in [0.25, 0.3) is 0 Å². The molecule has 4 atom stereocenters. The molecule has 1 saturated carbocycles. The van der Waals surface area contributed by atoms with Crippen molar-refractivity contribution >= 4 is 0 Å². The maximum Gasteiger partial charge on any atom is 0.103 e. The first kappa shape index (κ1) is 12.0. The Morgan fingerprint density at radius 1 is 1.29 bits per heavy atom. The molecule has 1 fully saturated rings. The lowest BCUT2D eigenvalue weighted by Gasteiger charge is -2.34. The Hall–Kier alpha value is -0.110. The second-order valence-electron chi connectivity index (χ2n) is 4.53. The Balaban J connectivity index is 2.45. The summed E-state index contributed by atoms with van der Waals surface area (Å²) in [5, 5.41) is 0. The first-order chi connectivity index (χ1) is 6.67. The zero-order valence-electron chi connectivity index (χ0n) is 9.63. The van der Waals surface area contributed by atoms with E-state index in [-0.39, 0.29) is 6.10 Å². The van der Waals surface area contributed by atoms with Crippen LogP contribution < -0.4 is 0 Å². The van der Waals surface area contributed by atoms with Gasteiger partial charge < -0.3 is 4.74 Å². The first-order valence-electron chi connectivity index (χ1n) is 5.93. The van der Waals surface area contributed by atoms with Gasteiger partial charge in [0.2, 0.25) is 0 Å². The largest absolute Gasteiger partial charge is 0.378 e. The fourth-order valence-electron chi connectivity index (χ4n) is 2.41. The minimum atomic E-state index is -0.640. The predicted octanol–water partition coefficient (Wildman–Crippen LogP) is 3.58. The van der Waals surface area contributed by atoms with E-state index >= 15 is 0 Å². The SMILES string of the molecule is CCOC1CC(F)CC([C@H](C)CC)C1. The molecule has 84 valence electrons. The number of hydrogen-bond donors (Lipinski definition) is 0. The smallest absolute Gasteiger partial charge is 0.103 e. The maximum absolute atomic E-state index is 13.4. The van der Waals surface area contributed by atoms with E-state index in [2.05, 4.69) is 13.8 Å². The molecule has 0 amide bonds. The molecule has 0 aromatic carbocycles. The van der Waals surface area contributed by atoms with E-state index in [4.69, 9.17) is 4.74 Å². The van der Waals surface area contributed by atoms with Gasteiger partial charge in [0.25, 0.3) is 0 Å².